The summed E-state index contributed by atoms with van der Waals surface area (Å²) in [5.41, 5.74) is -1.34. The fourth-order valence-corrected chi connectivity index (χ4v) is 1.30. The van der Waals surface area contributed by atoms with E-state index in [9.17, 15) is 18.9 Å². The average Bonchev–Trinajstić information content (AvgIpc) is 2.76. The van der Waals surface area contributed by atoms with Crippen molar-refractivity contribution in [2.24, 2.45) is 0 Å². The fourth-order valence-electron chi connectivity index (χ4n) is 1.30. The molecule has 7 nitrogen and oxygen atoms in total. The number of nitro benzene ring substituents is 1. The quantitative estimate of drug-likeness (QED) is 0.592. The normalized spacial score (nSPS) is 10.1. The Bertz CT molecular complexity index is 653. The van der Waals surface area contributed by atoms with E-state index in [1.807, 2.05) is 0 Å². The zero-order chi connectivity index (χ0) is 13.3. The first-order valence-electron chi connectivity index (χ1n) is 4.48. The van der Waals surface area contributed by atoms with E-state index in [0.29, 0.717) is 16.8 Å². The molecular weight excluding hydrogens is 248 g/mol. The molecule has 0 spiro atoms. The lowest BCUT2D eigenvalue weighted by Crippen LogP contribution is -2.04. The third kappa shape index (κ3) is 1.86. The molecule has 1 heterocycles. The Morgan fingerprint density at radius 2 is 2.00 bits per heavy atom. The van der Waals surface area contributed by atoms with Gasteiger partial charge in [0.25, 0.3) is 11.5 Å². The van der Waals surface area contributed by atoms with Gasteiger partial charge in [-0.05, 0) is 0 Å². The molecule has 1 aromatic heterocycles. The third-order valence-corrected chi connectivity index (χ3v) is 2.03. The molecule has 0 aliphatic rings. The highest BCUT2D eigenvalue weighted by Crippen LogP contribution is 2.23. The molecule has 0 radical (unpaired) electrons. The van der Waals surface area contributed by atoms with Gasteiger partial charge in [0.2, 0.25) is 0 Å². The maximum atomic E-state index is 13.6. The van der Waals surface area contributed by atoms with Crippen LogP contribution in [0, 0.1) is 33.1 Å². The van der Waals surface area contributed by atoms with Crippen molar-refractivity contribution in [1.82, 2.24) is 14.8 Å². The monoisotopic (exact) mass is 251 g/mol. The molecule has 0 bridgehead atoms. The van der Waals surface area contributed by atoms with E-state index in [-0.39, 0.29) is 5.82 Å². The second-order valence-electron chi connectivity index (χ2n) is 3.14. The van der Waals surface area contributed by atoms with Crippen molar-refractivity contribution in [3.63, 3.8) is 0 Å². The summed E-state index contributed by atoms with van der Waals surface area (Å²) >= 11 is 0. The van der Waals surface area contributed by atoms with E-state index in [1.165, 1.54) is 0 Å². The van der Waals surface area contributed by atoms with Crippen molar-refractivity contribution in [1.29, 1.82) is 5.26 Å². The minimum absolute atomic E-state index is 0.271. The number of benzene rings is 1. The van der Waals surface area contributed by atoms with Gasteiger partial charge in [-0.2, -0.15) is 5.26 Å². The molecule has 18 heavy (non-hydrogen) atoms. The van der Waals surface area contributed by atoms with Gasteiger partial charge in [0.05, 0.1) is 17.1 Å². The van der Waals surface area contributed by atoms with E-state index >= 15 is 0 Å². The first-order valence-corrected chi connectivity index (χ1v) is 4.48. The van der Waals surface area contributed by atoms with Crippen LogP contribution in [0.3, 0.4) is 0 Å². The SMILES string of the molecule is N#Cc1ncn(-c2c(F)cc([N+](=O)[O-])cc2F)n1. The van der Waals surface area contributed by atoms with Gasteiger partial charge in [-0.15, -0.1) is 5.10 Å². The van der Waals surface area contributed by atoms with Crippen LogP contribution in [0.1, 0.15) is 5.82 Å². The van der Waals surface area contributed by atoms with Gasteiger partial charge >= 0.3 is 0 Å². The average molecular weight is 251 g/mol. The summed E-state index contributed by atoms with van der Waals surface area (Å²) in [6, 6.07) is 2.71. The molecular formula is C9H3F2N5O2. The Labute approximate surface area is 98.1 Å². The number of hydrogen-bond acceptors (Lipinski definition) is 5. The molecule has 0 saturated heterocycles. The van der Waals surface area contributed by atoms with Gasteiger partial charge in [0.15, 0.2) is 11.6 Å². The molecule has 2 aromatic rings. The summed E-state index contributed by atoms with van der Waals surface area (Å²) in [5, 5.41) is 22.4. The Morgan fingerprint density at radius 1 is 1.39 bits per heavy atom. The van der Waals surface area contributed by atoms with E-state index in [4.69, 9.17) is 5.26 Å². The van der Waals surface area contributed by atoms with E-state index in [2.05, 4.69) is 10.1 Å². The Morgan fingerprint density at radius 3 is 2.44 bits per heavy atom. The van der Waals surface area contributed by atoms with Gasteiger partial charge in [0, 0.05) is 0 Å². The number of halogens is 2. The molecule has 9 heteroatoms. The number of rotatable bonds is 2. The summed E-state index contributed by atoms with van der Waals surface area (Å²) < 4.78 is 27.8. The zero-order valence-electron chi connectivity index (χ0n) is 8.54. The lowest BCUT2D eigenvalue weighted by Gasteiger charge is -2.03. The molecule has 0 aliphatic carbocycles. The zero-order valence-corrected chi connectivity index (χ0v) is 8.54. The van der Waals surface area contributed by atoms with E-state index in [0.717, 1.165) is 6.33 Å². The number of nitrogens with zero attached hydrogens (tertiary/aromatic N) is 5. The third-order valence-electron chi connectivity index (χ3n) is 2.03. The van der Waals surface area contributed by atoms with E-state index < -0.39 is 27.9 Å². The van der Waals surface area contributed by atoms with Gasteiger partial charge in [-0.1, -0.05) is 0 Å². The van der Waals surface area contributed by atoms with Crippen molar-refractivity contribution < 1.29 is 13.7 Å². The van der Waals surface area contributed by atoms with Crippen molar-refractivity contribution in [3.05, 3.63) is 46.0 Å². The van der Waals surface area contributed by atoms with Crippen LogP contribution >= 0.6 is 0 Å². The second kappa shape index (κ2) is 4.17. The van der Waals surface area contributed by atoms with Gasteiger partial charge in [-0.25, -0.2) is 18.4 Å². The van der Waals surface area contributed by atoms with Crippen LogP contribution in [0.5, 0.6) is 0 Å². The van der Waals surface area contributed by atoms with Crippen LogP contribution in [0.4, 0.5) is 14.5 Å². The molecule has 90 valence electrons. The summed E-state index contributed by atoms with van der Waals surface area (Å²) in [5.74, 6) is -2.61. The number of aromatic nitrogens is 3. The first kappa shape index (κ1) is 11.6. The van der Waals surface area contributed by atoms with Crippen LogP contribution in [0.25, 0.3) is 5.69 Å². The smallest absolute Gasteiger partial charge is 0.258 e. The Kier molecular flexibility index (Phi) is 2.69. The summed E-state index contributed by atoms with van der Waals surface area (Å²) in [4.78, 5) is 13.0. The fraction of sp³-hybridized carbons (Fsp3) is 0. The predicted molar refractivity (Wildman–Crippen MR) is 52.6 cm³/mol. The predicted octanol–water partition coefficient (Wildman–Crippen LogP) is 1.33. The van der Waals surface area contributed by atoms with Gasteiger partial charge in [0.1, 0.15) is 18.1 Å². The van der Waals surface area contributed by atoms with Crippen LogP contribution in [-0.4, -0.2) is 19.7 Å². The van der Waals surface area contributed by atoms with Crippen LogP contribution in [0.15, 0.2) is 18.5 Å². The maximum absolute atomic E-state index is 13.6. The summed E-state index contributed by atoms with van der Waals surface area (Å²) in [6.07, 6.45) is 0.936. The van der Waals surface area contributed by atoms with Gasteiger partial charge < -0.3 is 0 Å². The van der Waals surface area contributed by atoms with Crippen molar-refractivity contribution in [2.75, 3.05) is 0 Å². The molecule has 0 unspecified atom stereocenters. The molecule has 0 amide bonds. The number of hydrogen-bond donors (Lipinski definition) is 0. The minimum atomic E-state index is -1.17. The standard InChI is InChI=1S/C9H3F2N5O2/c10-6-1-5(16(17)18)2-7(11)9(6)15-4-13-8(3-12)14-15/h1-2,4H. The second-order valence-corrected chi connectivity index (χ2v) is 3.14. The molecule has 0 aliphatic heterocycles. The van der Waals surface area contributed by atoms with E-state index in [1.54, 1.807) is 6.07 Å². The van der Waals surface area contributed by atoms with Crippen LogP contribution < -0.4 is 0 Å². The molecule has 0 N–H and O–H groups in total. The Hall–Kier alpha value is -2.89. The molecule has 0 fully saturated rings. The first-order chi connectivity index (χ1) is 8.52. The molecule has 0 atom stereocenters. The number of nitriles is 1. The van der Waals surface area contributed by atoms with Crippen molar-refractivity contribution in [2.45, 2.75) is 0 Å². The lowest BCUT2D eigenvalue weighted by atomic mass is 10.2. The largest absolute Gasteiger partial charge is 0.275 e. The summed E-state index contributed by atoms with van der Waals surface area (Å²) in [6.45, 7) is 0. The lowest BCUT2D eigenvalue weighted by molar-refractivity contribution is -0.385. The molecule has 2 rings (SSSR count). The number of non-ortho nitro benzene ring substituents is 1. The molecule has 1 aromatic carbocycles. The minimum Gasteiger partial charge on any atom is -0.258 e. The van der Waals surface area contributed by atoms with Crippen molar-refractivity contribution in [3.8, 4) is 11.8 Å². The highest BCUT2D eigenvalue weighted by molar-refractivity contribution is 5.43. The van der Waals surface area contributed by atoms with Crippen LogP contribution in [-0.2, 0) is 0 Å². The Balaban J connectivity index is 2.59. The van der Waals surface area contributed by atoms with Gasteiger partial charge in [-0.3, -0.25) is 10.1 Å². The maximum Gasteiger partial charge on any atom is 0.275 e. The highest BCUT2D eigenvalue weighted by atomic mass is 19.1. The van der Waals surface area contributed by atoms with Crippen molar-refractivity contribution >= 4 is 5.69 Å². The highest BCUT2D eigenvalue weighted by Gasteiger charge is 2.19. The van der Waals surface area contributed by atoms with Crippen LogP contribution in [0.2, 0.25) is 0 Å². The number of nitro groups is 1. The topological polar surface area (TPSA) is 97.6 Å². The summed E-state index contributed by atoms with van der Waals surface area (Å²) in [7, 11) is 0. The molecule has 0 saturated carbocycles.